The first-order chi connectivity index (χ1) is 9.72. The van der Waals surface area contributed by atoms with Crippen LogP contribution in [0.2, 0.25) is 0 Å². The second-order valence-electron chi connectivity index (χ2n) is 4.12. The van der Waals surface area contributed by atoms with Crippen molar-refractivity contribution in [2.75, 3.05) is 19.0 Å². The normalized spacial score (nSPS) is 12.9. The summed E-state index contributed by atoms with van der Waals surface area (Å²) >= 11 is 0. The molecule has 0 spiro atoms. The van der Waals surface area contributed by atoms with Crippen LogP contribution in [0.25, 0.3) is 0 Å². The second-order valence-corrected chi connectivity index (χ2v) is 6.12. The van der Waals surface area contributed by atoms with Crippen LogP contribution in [0.15, 0.2) is 29.2 Å². The lowest BCUT2D eigenvalue weighted by Crippen LogP contribution is -2.28. The monoisotopic (exact) mass is 326 g/mol. The molecule has 0 aliphatic rings. The highest BCUT2D eigenvalue weighted by Crippen LogP contribution is 2.34. The number of alkyl halides is 3. The first-order valence-corrected chi connectivity index (χ1v) is 7.99. The Morgan fingerprint density at radius 2 is 1.62 bits per heavy atom. The Bertz CT molecular complexity index is 549. The Kier molecular flexibility index (Phi) is 6.18. The van der Waals surface area contributed by atoms with Gasteiger partial charge in [-0.2, -0.15) is 13.2 Å². The lowest BCUT2D eigenvalue weighted by atomic mass is 10.2. The molecule has 0 N–H and O–H groups in total. The van der Waals surface area contributed by atoms with Crippen molar-refractivity contribution in [3.8, 4) is 0 Å². The van der Waals surface area contributed by atoms with E-state index in [9.17, 15) is 21.6 Å². The van der Waals surface area contributed by atoms with E-state index in [1.807, 2.05) is 0 Å². The lowest BCUT2D eigenvalue weighted by molar-refractivity contribution is -0.140. The summed E-state index contributed by atoms with van der Waals surface area (Å²) in [5.41, 5.74) is -1.18. The Balaban J connectivity index is 3.13. The maximum Gasteiger partial charge on any atom is 0.417 e. The molecule has 1 aromatic rings. The van der Waals surface area contributed by atoms with Gasteiger partial charge in [0.1, 0.15) is 5.75 Å². The summed E-state index contributed by atoms with van der Waals surface area (Å²) in [5.74, 6) is -0.665. The Labute approximate surface area is 121 Å². The Morgan fingerprint density at radius 1 is 1.10 bits per heavy atom. The molecule has 1 aromatic carbocycles. The van der Waals surface area contributed by atoms with Crippen molar-refractivity contribution in [1.29, 1.82) is 0 Å². The third-order valence-electron chi connectivity index (χ3n) is 2.59. The van der Waals surface area contributed by atoms with Gasteiger partial charge in [-0.3, -0.25) is 0 Å². The standard InChI is InChI=1S/C13H17F3O4S/c1-3-19-12(20-4-2)9-21(17,18)11-8-6-5-7-10(11)13(14,15)16/h5-8,12H,3-4,9H2,1-2H3. The largest absolute Gasteiger partial charge is 0.417 e. The summed E-state index contributed by atoms with van der Waals surface area (Å²) in [6.45, 7) is 3.67. The molecule has 0 amide bonds. The fourth-order valence-electron chi connectivity index (χ4n) is 1.76. The van der Waals surface area contributed by atoms with Crippen molar-refractivity contribution in [2.24, 2.45) is 0 Å². The van der Waals surface area contributed by atoms with E-state index < -0.39 is 38.5 Å². The van der Waals surface area contributed by atoms with Gasteiger partial charge >= 0.3 is 6.18 Å². The average molecular weight is 326 g/mol. The minimum Gasteiger partial charge on any atom is -0.352 e. The van der Waals surface area contributed by atoms with Gasteiger partial charge in [0.15, 0.2) is 16.1 Å². The summed E-state index contributed by atoms with van der Waals surface area (Å²) in [4.78, 5) is -0.762. The van der Waals surface area contributed by atoms with Crippen LogP contribution in [0.3, 0.4) is 0 Å². The molecule has 120 valence electrons. The van der Waals surface area contributed by atoms with E-state index in [-0.39, 0.29) is 13.2 Å². The van der Waals surface area contributed by atoms with Crippen LogP contribution in [0.1, 0.15) is 19.4 Å². The predicted molar refractivity (Wildman–Crippen MR) is 70.5 cm³/mol. The van der Waals surface area contributed by atoms with Crippen molar-refractivity contribution in [3.63, 3.8) is 0 Å². The number of rotatable bonds is 7. The molecule has 8 heteroatoms. The van der Waals surface area contributed by atoms with Gasteiger partial charge in [0, 0.05) is 13.2 Å². The van der Waals surface area contributed by atoms with Crippen molar-refractivity contribution in [3.05, 3.63) is 29.8 Å². The third-order valence-corrected chi connectivity index (χ3v) is 4.33. The summed E-state index contributed by atoms with van der Waals surface area (Å²) in [6, 6.07) is 4.07. The predicted octanol–water partition coefficient (Wildman–Crippen LogP) is 2.88. The van der Waals surface area contributed by atoms with E-state index in [1.54, 1.807) is 13.8 Å². The molecule has 0 aromatic heterocycles. The molecular formula is C13H17F3O4S. The first kappa shape index (κ1) is 17.9. The highest BCUT2D eigenvalue weighted by atomic mass is 32.2. The summed E-state index contributed by atoms with van der Waals surface area (Å²) in [7, 11) is -4.19. The molecule has 0 aliphatic carbocycles. The number of hydrogen-bond donors (Lipinski definition) is 0. The van der Waals surface area contributed by atoms with E-state index in [2.05, 4.69) is 0 Å². The number of halogens is 3. The van der Waals surface area contributed by atoms with E-state index in [0.717, 1.165) is 18.2 Å². The van der Waals surface area contributed by atoms with E-state index in [0.29, 0.717) is 0 Å². The number of ether oxygens (including phenoxy) is 2. The average Bonchev–Trinajstić information content (AvgIpc) is 2.38. The van der Waals surface area contributed by atoms with Crippen LogP contribution in [0.5, 0.6) is 0 Å². The van der Waals surface area contributed by atoms with Gasteiger partial charge in [-0.15, -0.1) is 0 Å². The van der Waals surface area contributed by atoms with Crippen molar-refractivity contribution >= 4 is 9.84 Å². The minimum atomic E-state index is -4.74. The van der Waals surface area contributed by atoms with Crippen LogP contribution < -0.4 is 0 Å². The zero-order chi connectivity index (χ0) is 16.1. The number of hydrogen-bond acceptors (Lipinski definition) is 4. The SMILES string of the molecule is CCOC(CS(=O)(=O)c1ccccc1C(F)(F)F)OCC. The van der Waals surface area contributed by atoms with Crippen molar-refractivity contribution in [2.45, 2.75) is 31.2 Å². The van der Waals surface area contributed by atoms with Crippen LogP contribution in [0.4, 0.5) is 13.2 Å². The zero-order valence-electron chi connectivity index (χ0n) is 11.7. The van der Waals surface area contributed by atoms with Gasteiger partial charge in [0.2, 0.25) is 0 Å². The molecular weight excluding hydrogens is 309 g/mol. The van der Waals surface area contributed by atoms with Gasteiger partial charge in [-0.1, -0.05) is 12.1 Å². The molecule has 0 radical (unpaired) electrons. The highest BCUT2D eigenvalue weighted by Gasteiger charge is 2.37. The highest BCUT2D eigenvalue weighted by molar-refractivity contribution is 7.91. The van der Waals surface area contributed by atoms with Crippen LogP contribution in [0, 0.1) is 0 Å². The van der Waals surface area contributed by atoms with Gasteiger partial charge in [-0.25, -0.2) is 8.42 Å². The van der Waals surface area contributed by atoms with Crippen LogP contribution >= 0.6 is 0 Å². The maximum atomic E-state index is 12.9. The molecule has 0 saturated heterocycles. The van der Waals surface area contributed by atoms with Gasteiger partial charge in [-0.05, 0) is 26.0 Å². The summed E-state index contributed by atoms with van der Waals surface area (Å²) in [6.07, 6.45) is -5.83. The van der Waals surface area contributed by atoms with E-state index in [4.69, 9.17) is 9.47 Å². The van der Waals surface area contributed by atoms with Crippen molar-refractivity contribution < 1.29 is 31.1 Å². The first-order valence-electron chi connectivity index (χ1n) is 6.34. The molecule has 0 aliphatic heterocycles. The van der Waals surface area contributed by atoms with Crippen molar-refractivity contribution in [1.82, 2.24) is 0 Å². The fraction of sp³-hybridized carbons (Fsp3) is 0.538. The Hall–Kier alpha value is -1.12. The van der Waals surface area contributed by atoms with Gasteiger partial charge in [0.05, 0.1) is 10.5 Å². The molecule has 4 nitrogen and oxygen atoms in total. The molecule has 21 heavy (non-hydrogen) atoms. The topological polar surface area (TPSA) is 52.6 Å². The number of benzene rings is 1. The molecule has 0 bridgehead atoms. The molecule has 0 heterocycles. The van der Waals surface area contributed by atoms with Gasteiger partial charge in [0.25, 0.3) is 0 Å². The Morgan fingerprint density at radius 3 is 2.10 bits per heavy atom. The smallest absolute Gasteiger partial charge is 0.352 e. The quantitative estimate of drug-likeness (QED) is 0.723. The zero-order valence-corrected chi connectivity index (χ0v) is 12.5. The van der Waals surface area contributed by atoms with Crippen LogP contribution in [-0.2, 0) is 25.5 Å². The molecule has 0 unspecified atom stereocenters. The third kappa shape index (κ3) is 4.98. The van der Waals surface area contributed by atoms with Crippen LogP contribution in [-0.4, -0.2) is 33.7 Å². The molecule has 1 rings (SSSR count). The number of sulfone groups is 1. The molecule has 0 atom stereocenters. The fourth-order valence-corrected chi connectivity index (χ4v) is 3.29. The maximum absolute atomic E-state index is 12.9. The van der Waals surface area contributed by atoms with Gasteiger partial charge < -0.3 is 9.47 Å². The summed E-state index contributed by atoms with van der Waals surface area (Å²) < 4.78 is 73.2. The molecule has 0 saturated carbocycles. The second kappa shape index (κ2) is 7.24. The minimum absolute atomic E-state index is 0.196. The van der Waals surface area contributed by atoms with E-state index in [1.165, 1.54) is 6.07 Å². The van der Waals surface area contributed by atoms with E-state index >= 15 is 0 Å². The lowest BCUT2D eigenvalue weighted by Gasteiger charge is -2.18. The summed E-state index contributed by atoms with van der Waals surface area (Å²) in [5, 5.41) is 0. The molecule has 0 fully saturated rings.